The van der Waals surface area contributed by atoms with Crippen LogP contribution in [0.2, 0.25) is 0 Å². The largest absolute Gasteiger partial charge is 0.393 e. The molecule has 0 aromatic rings. The summed E-state index contributed by atoms with van der Waals surface area (Å²) in [7, 11) is -1.74. The Bertz CT molecular complexity index is 375. The van der Waals surface area contributed by atoms with Gasteiger partial charge in [-0.25, -0.2) is 8.42 Å². The third kappa shape index (κ3) is 9.32. The third-order valence-corrected chi connectivity index (χ3v) is 4.73. The number of hydrogen-bond donors (Lipinski definition) is 1. The first kappa shape index (κ1) is 18.8. The van der Waals surface area contributed by atoms with Gasteiger partial charge < -0.3 is 10.5 Å². The lowest BCUT2D eigenvalue weighted by Gasteiger charge is -2.24. The Morgan fingerprint density at radius 2 is 1.89 bits per heavy atom. The second-order valence-electron chi connectivity index (χ2n) is 5.73. The van der Waals surface area contributed by atoms with Gasteiger partial charge in [-0.1, -0.05) is 33.0 Å². The number of methoxy groups -OCH3 is 1. The molecule has 0 aliphatic rings. The van der Waals surface area contributed by atoms with Crippen molar-refractivity contribution in [1.82, 2.24) is 4.31 Å². The molecule has 0 rings (SSSR count). The second kappa shape index (κ2) is 8.14. The molecule has 114 valence electrons. The third-order valence-electron chi connectivity index (χ3n) is 2.66. The van der Waals surface area contributed by atoms with E-state index in [1.54, 1.807) is 7.11 Å². The number of hydrogen-bond acceptors (Lipinski definition) is 4. The molecular formula is C12H26N2O3S2. The van der Waals surface area contributed by atoms with Crippen LogP contribution in [0.4, 0.5) is 0 Å². The fraction of sp³-hybridized carbons (Fsp3) is 0.917. The van der Waals surface area contributed by atoms with Crippen LogP contribution in [-0.2, 0) is 14.8 Å². The number of ether oxygens (including phenoxy) is 1. The summed E-state index contributed by atoms with van der Waals surface area (Å²) in [5.74, 6) is 0.136. The van der Waals surface area contributed by atoms with Crippen molar-refractivity contribution in [1.29, 1.82) is 0 Å². The molecule has 19 heavy (non-hydrogen) atoms. The van der Waals surface area contributed by atoms with Gasteiger partial charge in [0.2, 0.25) is 10.0 Å². The number of thiocarbonyl (C=S) groups is 1. The average molecular weight is 310 g/mol. The molecule has 0 aliphatic heterocycles. The SMILES string of the molecule is COCCN(CCC(N)=S)S(=O)(=O)CCC(C)(C)C. The summed E-state index contributed by atoms with van der Waals surface area (Å²) in [4.78, 5) is 0.327. The zero-order valence-electron chi connectivity index (χ0n) is 12.3. The first-order chi connectivity index (χ1) is 8.58. The summed E-state index contributed by atoms with van der Waals surface area (Å²) < 4.78 is 30.9. The Kier molecular flexibility index (Phi) is 8.03. The first-order valence-corrected chi connectivity index (χ1v) is 8.35. The van der Waals surface area contributed by atoms with Gasteiger partial charge in [0.05, 0.1) is 17.3 Å². The Labute approximate surface area is 122 Å². The highest BCUT2D eigenvalue weighted by molar-refractivity contribution is 7.89. The van der Waals surface area contributed by atoms with Crippen LogP contribution in [0.1, 0.15) is 33.6 Å². The van der Waals surface area contributed by atoms with E-state index in [-0.39, 0.29) is 11.2 Å². The maximum atomic E-state index is 12.3. The molecule has 0 aliphatic carbocycles. The molecule has 0 unspecified atom stereocenters. The number of sulfonamides is 1. The van der Waals surface area contributed by atoms with Crippen molar-refractivity contribution in [3.05, 3.63) is 0 Å². The second-order valence-corrected chi connectivity index (χ2v) is 8.35. The monoisotopic (exact) mass is 310 g/mol. The van der Waals surface area contributed by atoms with E-state index in [4.69, 9.17) is 22.7 Å². The molecule has 0 bridgehead atoms. The van der Waals surface area contributed by atoms with Crippen molar-refractivity contribution >= 4 is 27.2 Å². The van der Waals surface area contributed by atoms with Crippen LogP contribution in [0.5, 0.6) is 0 Å². The van der Waals surface area contributed by atoms with Crippen LogP contribution in [0, 0.1) is 5.41 Å². The Balaban J connectivity index is 4.65. The van der Waals surface area contributed by atoms with Gasteiger partial charge in [-0.05, 0) is 11.8 Å². The van der Waals surface area contributed by atoms with E-state index in [0.717, 1.165) is 0 Å². The van der Waals surface area contributed by atoms with Gasteiger partial charge in [-0.3, -0.25) is 0 Å². The quantitative estimate of drug-likeness (QED) is 0.651. The molecule has 0 saturated heterocycles. The highest BCUT2D eigenvalue weighted by atomic mass is 32.2. The predicted molar refractivity (Wildman–Crippen MR) is 82.7 cm³/mol. The highest BCUT2D eigenvalue weighted by Crippen LogP contribution is 2.20. The molecule has 5 nitrogen and oxygen atoms in total. The maximum absolute atomic E-state index is 12.3. The van der Waals surface area contributed by atoms with E-state index >= 15 is 0 Å². The summed E-state index contributed by atoms with van der Waals surface area (Å²) in [6.45, 7) is 7.11. The summed E-state index contributed by atoms with van der Waals surface area (Å²) in [6, 6.07) is 0. The molecular weight excluding hydrogens is 284 g/mol. The predicted octanol–water partition coefficient (Wildman–Crippen LogP) is 1.38. The molecule has 0 fully saturated rings. The zero-order valence-corrected chi connectivity index (χ0v) is 13.9. The van der Waals surface area contributed by atoms with Crippen molar-refractivity contribution < 1.29 is 13.2 Å². The average Bonchev–Trinajstić information content (AvgIpc) is 2.25. The summed E-state index contributed by atoms with van der Waals surface area (Å²) in [6.07, 6.45) is 1.01. The van der Waals surface area contributed by atoms with Gasteiger partial charge in [0, 0.05) is 26.6 Å². The van der Waals surface area contributed by atoms with Crippen molar-refractivity contribution in [2.75, 3.05) is 32.6 Å². The minimum Gasteiger partial charge on any atom is -0.393 e. The number of rotatable bonds is 9. The molecule has 0 amide bonds. The molecule has 0 spiro atoms. The van der Waals surface area contributed by atoms with Crippen LogP contribution in [0.25, 0.3) is 0 Å². The van der Waals surface area contributed by atoms with Gasteiger partial charge in [0.25, 0.3) is 0 Å². The van der Waals surface area contributed by atoms with Crippen LogP contribution in [0.3, 0.4) is 0 Å². The van der Waals surface area contributed by atoms with E-state index in [0.29, 0.717) is 37.5 Å². The molecule has 0 saturated carbocycles. The summed E-state index contributed by atoms with van der Waals surface area (Å²) >= 11 is 4.80. The molecule has 0 aromatic heterocycles. The minimum atomic E-state index is -3.29. The van der Waals surface area contributed by atoms with Crippen LogP contribution in [0.15, 0.2) is 0 Å². The Hall–Kier alpha value is -0.240. The lowest BCUT2D eigenvalue weighted by molar-refractivity contribution is 0.179. The van der Waals surface area contributed by atoms with Crippen LogP contribution in [-0.4, -0.2) is 50.3 Å². The minimum absolute atomic E-state index is 0.0107. The standard InChI is InChI=1S/C12H26N2O3S2/c1-12(2,3)6-10-19(15,16)14(8-9-17-4)7-5-11(13)18/h5-10H2,1-4H3,(H2,13,18). The normalized spacial score (nSPS) is 12.9. The van der Waals surface area contributed by atoms with Crippen LogP contribution < -0.4 is 5.73 Å². The van der Waals surface area contributed by atoms with E-state index in [2.05, 4.69) is 0 Å². The molecule has 0 radical (unpaired) electrons. The maximum Gasteiger partial charge on any atom is 0.214 e. The highest BCUT2D eigenvalue weighted by Gasteiger charge is 2.24. The molecule has 7 heteroatoms. The topological polar surface area (TPSA) is 72.6 Å². The van der Waals surface area contributed by atoms with Gasteiger partial charge in [0.1, 0.15) is 0 Å². The first-order valence-electron chi connectivity index (χ1n) is 6.33. The van der Waals surface area contributed by atoms with Crippen molar-refractivity contribution in [3.63, 3.8) is 0 Å². The van der Waals surface area contributed by atoms with Gasteiger partial charge in [0.15, 0.2) is 0 Å². The van der Waals surface area contributed by atoms with Gasteiger partial charge in [-0.2, -0.15) is 4.31 Å². The van der Waals surface area contributed by atoms with Crippen molar-refractivity contribution in [2.45, 2.75) is 33.6 Å². The lowest BCUT2D eigenvalue weighted by Crippen LogP contribution is -2.38. The number of nitrogens with two attached hydrogens (primary N) is 1. The van der Waals surface area contributed by atoms with Crippen molar-refractivity contribution in [3.8, 4) is 0 Å². The van der Waals surface area contributed by atoms with Crippen LogP contribution >= 0.6 is 12.2 Å². The Morgan fingerprint density at radius 1 is 1.32 bits per heavy atom. The van der Waals surface area contributed by atoms with E-state index in [1.807, 2.05) is 20.8 Å². The lowest BCUT2D eigenvalue weighted by atomic mass is 9.94. The molecule has 0 aromatic carbocycles. The fourth-order valence-electron chi connectivity index (χ4n) is 1.38. The fourth-order valence-corrected chi connectivity index (χ4v) is 3.32. The Morgan fingerprint density at radius 3 is 2.32 bits per heavy atom. The summed E-state index contributed by atoms with van der Waals surface area (Å²) in [5.41, 5.74) is 5.42. The molecule has 2 N–H and O–H groups in total. The smallest absolute Gasteiger partial charge is 0.214 e. The van der Waals surface area contributed by atoms with Crippen molar-refractivity contribution in [2.24, 2.45) is 11.1 Å². The molecule has 0 heterocycles. The van der Waals surface area contributed by atoms with Gasteiger partial charge >= 0.3 is 0 Å². The summed E-state index contributed by atoms with van der Waals surface area (Å²) in [5, 5.41) is 0. The van der Waals surface area contributed by atoms with E-state index in [9.17, 15) is 8.42 Å². The number of nitrogens with zero attached hydrogens (tertiary/aromatic N) is 1. The van der Waals surface area contributed by atoms with Gasteiger partial charge in [-0.15, -0.1) is 0 Å². The van der Waals surface area contributed by atoms with E-state index < -0.39 is 10.0 Å². The van der Waals surface area contributed by atoms with E-state index in [1.165, 1.54) is 4.31 Å². The zero-order chi connectivity index (χ0) is 15.1. The molecule has 0 atom stereocenters.